The lowest BCUT2D eigenvalue weighted by Crippen LogP contribution is -2.02. The Kier molecular flexibility index (Phi) is 4.00. The van der Waals surface area contributed by atoms with Crippen LogP contribution in [0.2, 0.25) is 10.6 Å². The van der Waals surface area contributed by atoms with Gasteiger partial charge in [0.1, 0.15) is 0 Å². The Bertz CT molecular complexity index is 249. The molecule has 1 rings (SSSR count). The topological polar surface area (TPSA) is 64.7 Å². The standard InChI is InChI=1S/C5H6Cl2N4S/c6-3-9-4(7)11-5(10-3)12-2-1-8/h1-2,8H2. The van der Waals surface area contributed by atoms with Gasteiger partial charge in [-0.15, -0.1) is 0 Å². The van der Waals surface area contributed by atoms with E-state index in [-0.39, 0.29) is 10.6 Å². The molecule has 0 aromatic carbocycles. The summed E-state index contributed by atoms with van der Waals surface area (Å²) in [7, 11) is 0. The summed E-state index contributed by atoms with van der Waals surface area (Å²) >= 11 is 12.5. The SMILES string of the molecule is NCCSc1nc(Cl)nc(Cl)n1. The summed E-state index contributed by atoms with van der Waals surface area (Å²) in [5, 5.41) is 0.717. The summed E-state index contributed by atoms with van der Waals surface area (Å²) in [6.45, 7) is 0.561. The molecule has 0 saturated heterocycles. The Labute approximate surface area is 83.9 Å². The van der Waals surface area contributed by atoms with E-state index in [0.717, 1.165) is 5.75 Å². The first-order valence-corrected chi connectivity index (χ1v) is 4.86. The molecule has 1 aromatic rings. The van der Waals surface area contributed by atoms with Gasteiger partial charge in [-0.2, -0.15) is 15.0 Å². The fourth-order valence-corrected chi connectivity index (χ4v) is 1.59. The number of aromatic nitrogens is 3. The predicted molar refractivity (Wildman–Crippen MR) is 49.6 cm³/mol. The summed E-state index contributed by atoms with van der Waals surface area (Å²) in [5.41, 5.74) is 5.29. The van der Waals surface area contributed by atoms with Crippen molar-refractivity contribution in [1.29, 1.82) is 0 Å². The second-order valence-electron chi connectivity index (χ2n) is 1.79. The minimum absolute atomic E-state index is 0.106. The average molecular weight is 225 g/mol. The Morgan fingerprint density at radius 3 is 2.25 bits per heavy atom. The summed E-state index contributed by atoms with van der Waals surface area (Å²) in [4.78, 5) is 11.3. The second-order valence-corrected chi connectivity index (χ2v) is 3.53. The van der Waals surface area contributed by atoms with Crippen molar-refractivity contribution in [1.82, 2.24) is 15.0 Å². The molecule has 0 radical (unpaired) electrons. The van der Waals surface area contributed by atoms with Gasteiger partial charge in [-0.3, -0.25) is 0 Å². The van der Waals surface area contributed by atoms with Crippen LogP contribution in [0, 0.1) is 0 Å². The van der Waals surface area contributed by atoms with Crippen LogP contribution < -0.4 is 5.73 Å². The van der Waals surface area contributed by atoms with Crippen LogP contribution in [0.25, 0.3) is 0 Å². The molecular formula is C5H6Cl2N4S. The molecule has 66 valence electrons. The zero-order valence-electron chi connectivity index (χ0n) is 6.00. The smallest absolute Gasteiger partial charge is 0.227 e. The Balaban J connectivity index is 2.72. The molecule has 0 atom stereocenters. The number of nitrogens with two attached hydrogens (primary N) is 1. The molecule has 0 bridgehead atoms. The van der Waals surface area contributed by atoms with E-state index in [1.807, 2.05) is 0 Å². The van der Waals surface area contributed by atoms with Gasteiger partial charge >= 0.3 is 0 Å². The van der Waals surface area contributed by atoms with Gasteiger partial charge in [-0.25, -0.2) is 0 Å². The van der Waals surface area contributed by atoms with E-state index in [4.69, 9.17) is 28.9 Å². The molecule has 0 amide bonds. The largest absolute Gasteiger partial charge is 0.330 e. The first-order chi connectivity index (χ1) is 5.72. The van der Waals surface area contributed by atoms with Crippen LogP contribution in [0.3, 0.4) is 0 Å². The lowest BCUT2D eigenvalue weighted by Gasteiger charge is -1.97. The van der Waals surface area contributed by atoms with E-state index in [1.54, 1.807) is 0 Å². The third-order valence-electron chi connectivity index (χ3n) is 0.909. The van der Waals surface area contributed by atoms with Crippen molar-refractivity contribution in [2.45, 2.75) is 5.16 Å². The molecule has 12 heavy (non-hydrogen) atoms. The lowest BCUT2D eigenvalue weighted by molar-refractivity contribution is 0.903. The molecule has 0 aliphatic heterocycles. The molecule has 7 heteroatoms. The lowest BCUT2D eigenvalue weighted by atomic mass is 10.8. The van der Waals surface area contributed by atoms with Crippen LogP contribution in [0.4, 0.5) is 0 Å². The highest BCUT2D eigenvalue weighted by Gasteiger charge is 2.02. The highest BCUT2D eigenvalue weighted by Crippen LogP contribution is 2.15. The fourth-order valence-electron chi connectivity index (χ4n) is 0.524. The molecule has 0 spiro atoms. The quantitative estimate of drug-likeness (QED) is 0.783. The van der Waals surface area contributed by atoms with Crippen molar-refractivity contribution in [2.24, 2.45) is 5.73 Å². The number of halogens is 2. The molecule has 0 unspecified atom stereocenters. The molecule has 0 aliphatic carbocycles. The van der Waals surface area contributed by atoms with Gasteiger partial charge < -0.3 is 5.73 Å². The molecule has 0 aliphatic rings. The molecule has 4 nitrogen and oxygen atoms in total. The van der Waals surface area contributed by atoms with Crippen LogP contribution in [0.15, 0.2) is 5.16 Å². The third kappa shape index (κ3) is 3.10. The maximum Gasteiger partial charge on any atom is 0.227 e. The van der Waals surface area contributed by atoms with Crippen LogP contribution in [0.5, 0.6) is 0 Å². The van der Waals surface area contributed by atoms with E-state index in [9.17, 15) is 0 Å². The van der Waals surface area contributed by atoms with Crippen molar-refractivity contribution in [3.05, 3.63) is 10.6 Å². The number of thioether (sulfide) groups is 1. The van der Waals surface area contributed by atoms with Gasteiger partial charge in [-0.05, 0) is 23.2 Å². The van der Waals surface area contributed by atoms with E-state index in [0.29, 0.717) is 11.7 Å². The summed E-state index contributed by atoms with van der Waals surface area (Å²) < 4.78 is 0. The Morgan fingerprint density at radius 2 is 1.75 bits per heavy atom. The van der Waals surface area contributed by atoms with Crippen molar-refractivity contribution in [3.63, 3.8) is 0 Å². The fraction of sp³-hybridized carbons (Fsp3) is 0.400. The zero-order valence-corrected chi connectivity index (χ0v) is 8.33. The monoisotopic (exact) mass is 224 g/mol. The Morgan fingerprint density at radius 1 is 1.17 bits per heavy atom. The number of hydrogen-bond acceptors (Lipinski definition) is 5. The van der Waals surface area contributed by atoms with Gasteiger partial charge in [0.05, 0.1) is 0 Å². The second kappa shape index (κ2) is 4.81. The van der Waals surface area contributed by atoms with Gasteiger partial charge in [0.2, 0.25) is 10.6 Å². The molecule has 1 heterocycles. The Hall–Kier alpha value is -0.100. The zero-order chi connectivity index (χ0) is 8.97. The molecule has 2 N–H and O–H groups in total. The first-order valence-electron chi connectivity index (χ1n) is 3.12. The molecule has 1 aromatic heterocycles. The van der Waals surface area contributed by atoms with Crippen LogP contribution in [0.1, 0.15) is 0 Å². The molecule has 0 fully saturated rings. The van der Waals surface area contributed by atoms with E-state index < -0.39 is 0 Å². The minimum Gasteiger partial charge on any atom is -0.330 e. The third-order valence-corrected chi connectivity index (χ3v) is 2.13. The van der Waals surface area contributed by atoms with Crippen LogP contribution in [-0.2, 0) is 0 Å². The van der Waals surface area contributed by atoms with Gasteiger partial charge in [0, 0.05) is 12.3 Å². The van der Waals surface area contributed by atoms with Crippen molar-refractivity contribution in [2.75, 3.05) is 12.3 Å². The summed E-state index contributed by atoms with van der Waals surface area (Å²) in [5.74, 6) is 0.733. The number of nitrogens with zero attached hydrogens (tertiary/aromatic N) is 3. The number of hydrogen-bond donors (Lipinski definition) is 1. The maximum atomic E-state index is 5.54. The van der Waals surface area contributed by atoms with Crippen molar-refractivity contribution < 1.29 is 0 Å². The molecule has 0 saturated carbocycles. The van der Waals surface area contributed by atoms with Crippen LogP contribution >= 0.6 is 35.0 Å². The van der Waals surface area contributed by atoms with Gasteiger partial charge in [0.15, 0.2) is 5.16 Å². The highest BCUT2D eigenvalue weighted by molar-refractivity contribution is 7.99. The minimum atomic E-state index is 0.106. The highest BCUT2D eigenvalue weighted by atomic mass is 35.5. The van der Waals surface area contributed by atoms with E-state index in [1.165, 1.54) is 11.8 Å². The van der Waals surface area contributed by atoms with E-state index in [2.05, 4.69) is 15.0 Å². The van der Waals surface area contributed by atoms with Crippen LogP contribution in [-0.4, -0.2) is 27.2 Å². The van der Waals surface area contributed by atoms with Crippen molar-refractivity contribution in [3.8, 4) is 0 Å². The van der Waals surface area contributed by atoms with Gasteiger partial charge in [-0.1, -0.05) is 11.8 Å². The van der Waals surface area contributed by atoms with Crippen molar-refractivity contribution >= 4 is 35.0 Å². The first kappa shape index (κ1) is 9.98. The van der Waals surface area contributed by atoms with E-state index >= 15 is 0 Å². The predicted octanol–water partition coefficient (Wildman–Crippen LogP) is 1.23. The average Bonchev–Trinajstić information content (AvgIpc) is 1.99. The maximum absolute atomic E-state index is 5.54. The summed E-state index contributed by atoms with van der Waals surface area (Å²) in [6.07, 6.45) is 0. The van der Waals surface area contributed by atoms with Gasteiger partial charge in [0.25, 0.3) is 0 Å². The number of rotatable bonds is 3. The normalized spacial score (nSPS) is 10.2. The summed E-state index contributed by atoms with van der Waals surface area (Å²) in [6, 6.07) is 0. The molecular weight excluding hydrogens is 219 g/mol.